The lowest BCUT2D eigenvalue weighted by atomic mass is 10.2. The Labute approximate surface area is 121 Å². The highest BCUT2D eigenvalue weighted by Gasteiger charge is 2.31. The van der Waals surface area contributed by atoms with Crippen LogP contribution in [0.5, 0.6) is 5.75 Å². The van der Waals surface area contributed by atoms with Crippen LogP contribution in [0.4, 0.5) is 10.1 Å². The van der Waals surface area contributed by atoms with E-state index in [1.54, 1.807) is 0 Å². The number of halogens is 2. The Balaban J connectivity index is 2.26. The maximum absolute atomic E-state index is 13.7. The molecule has 0 fully saturated rings. The van der Waals surface area contributed by atoms with Crippen LogP contribution in [0, 0.1) is 5.82 Å². The molecule has 0 radical (unpaired) electrons. The summed E-state index contributed by atoms with van der Waals surface area (Å²) in [5.74, 6) is -2.48. The fraction of sp³-hybridized carbons (Fsp3) is 0.167. The summed E-state index contributed by atoms with van der Waals surface area (Å²) in [6.45, 7) is -0.509. The van der Waals surface area contributed by atoms with Gasteiger partial charge in [-0.3, -0.25) is 14.5 Å². The van der Waals surface area contributed by atoms with E-state index in [-0.39, 0.29) is 24.5 Å². The molecule has 0 atom stereocenters. The van der Waals surface area contributed by atoms with Gasteiger partial charge in [-0.05, 0) is 12.1 Å². The minimum absolute atomic E-state index is 0.145. The number of phenols is 1. The average molecular weight is 345 g/mol. The van der Waals surface area contributed by atoms with E-state index in [9.17, 15) is 19.1 Å². The van der Waals surface area contributed by atoms with E-state index in [1.807, 2.05) is 0 Å². The number of amides is 2. The molecule has 0 bridgehead atoms. The highest BCUT2D eigenvalue weighted by atomic mass is 79.9. The van der Waals surface area contributed by atoms with Crippen LogP contribution >= 0.6 is 15.9 Å². The standard InChI is InChI=1S/C12H10BrFN2O4/c13-6-3-7(14)11(9(18)4-6)15-8-5-10(19)16(1-2-17)12(8)20/h3-5,15,17-18H,1-2H2. The Morgan fingerprint density at radius 1 is 1.35 bits per heavy atom. The zero-order valence-corrected chi connectivity index (χ0v) is 11.6. The Kier molecular flexibility index (Phi) is 4.05. The van der Waals surface area contributed by atoms with Gasteiger partial charge in [-0.2, -0.15) is 0 Å². The van der Waals surface area contributed by atoms with E-state index in [2.05, 4.69) is 21.2 Å². The SMILES string of the molecule is O=C1C=C(Nc2c(O)cc(Br)cc2F)C(=O)N1CCO. The van der Waals surface area contributed by atoms with E-state index in [0.29, 0.717) is 4.47 Å². The normalized spacial score (nSPS) is 14.8. The quantitative estimate of drug-likeness (QED) is 0.559. The number of anilines is 1. The second-order valence-electron chi connectivity index (χ2n) is 3.98. The Bertz CT molecular complexity index is 594. The van der Waals surface area contributed by atoms with Gasteiger partial charge in [0.15, 0.2) is 5.82 Å². The van der Waals surface area contributed by atoms with E-state index in [1.165, 1.54) is 6.07 Å². The fourth-order valence-corrected chi connectivity index (χ4v) is 2.15. The van der Waals surface area contributed by atoms with Crippen molar-refractivity contribution in [2.75, 3.05) is 18.5 Å². The van der Waals surface area contributed by atoms with Crippen LogP contribution in [0.3, 0.4) is 0 Å². The van der Waals surface area contributed by atoms with Gasteiger partial charge in [0.1, 0.15) is 17.1 Å². The van der Waals surface area contributed by atoms with Gasteiger partial charge < -0.3 is 15.5 Å². The third-order valence-electron chi connectivity index (χ3n) is 2.63. The van der Waals surface area contributed by atoms with Gasteiger partial charge in [0, 0.05) is 10.5 Å². The monoisotopic (exact) mass is 344 g/mol. The molecule has 1 aliphatic heterocycles. The molecular weight excluding hydrogens is 335 g/mol. The molecule has 2 amide bonds. The number of imide groups is 1. The number of benzene rings is 1. The van der Waals surface area contributed by atoms with Crippen molar-refractivity contribution in [3.8, 4) is 5.75 Å². The van der Waals surface area contributed by atoms with Crippen molar-refractivity contribution in [3.63, 3.8) is 0 Å². The van der Waals surface area contributed by atoms with Crippen LogP contribution in [-0.4, -0.2) is 40.1 Å². The van der Waals surface area contributed by atoms with E-state index in [4.69, 9.17) is 5.11 Å². The van der Waals surface area contributed by atoms with Crippen molar-refractivity contribution in [3.05, 3.63) is 34.2 Å². The van der Waals surface area contributed by atoms with Gasteiger partial charge in [-0.15, -0.1) is 0 Å². The van der Waals surface area contributed by atoms with Crippen molar-refractivity contribution < 1.29 is 24.2 Å². The summed E-state index contributed by atoms with van der Waals surface area (Å²) < 4.78 is 14.0. The highest BCUT2D eigenvalue weighted by Crippen LogP contribution is 2.32. The summed E-state index contributed by atoms with van der Waals surface area (Å²) >= 11 is 3.01. The number of nitrogens with one attached hydrogen (secondary N) is 1. The molecule has 2 rings (SSSR count). The number of rotatable bonds is 4. The van der Waals surface area contributed by atoms with Gasteiger partial charge in [0.05, 0.1) is 13.2 Å². The molecule has 0 unspecified atom stereocenters. The van der Waals surface area contributed by atoms with Crippen molar-refractivity contribution in [2.45, 2.75) is 0 Å². The number of aliphatic hydroxyl groups excluding tert-OH is 1. The zero-order valence-electron chi connectivity index (χ0n) is 10.1. The summed E-state index contributed by atoms with van der Waals surface area (Å²) in [6, 6.07) is 2.36. The van der Waals surface area contributed by atoms with Gasteiger partial charge in [-0.1, -0.05) is 15.9 Å². The number of hydrogen-bond donors (Lipinski definition) is 3. The lowest BCUT2D eigenvalue weighted by Crippen LogP contribution is -2.34. The zero-order chi connectivity index (χ0) is 14.9. The first-order valence-electron chi connectivity index (χ1n) is 5.57. The predicted molar refractivity (Wildman–Crippen MR) is 71.3 cm³/mol. The molecule has 1 aliphatic rings. The lowest BCUT2D eigenvalue weighted by Gasteiger charge is -2.14. The molecule has 6 nitrogen and oxygen atoms in total. The van der Waals surface area contributed by atoms with Crippen LogP contribution < -0.4 is 5.32 Å². The van der Waals surface area contributed by atoms with E-state index in [0.717, 1.165) is 17.0 Å². The van der Waals surface area contributed by atoms with Crippen LogP contribution in [0.25, 0.3) is 0 Å². The molecule has 3 N–H and O–H groups in total. The molecule has 1 aromatic carbocycles. The van der Waals surface area contributed by atoms with E-state index >= 15 is 0 Å². The number of phenolic OH excluding ortho intramolecular Hbond substituents is 1. The van der Waals surface area contributed by atoms with Crippen LogP contribution in [0.1, 0.15) is 0 Å². The van der Waals surface area contributed by atoms with Crippen LogP contribution in [0.2, 0.25) is 0 Å². The van der Waals surface area contributed by atoms with Crippen molar-refractivity contribution >= 4 is 33.4 Å². The first kappa shape index (κ1) is 14.5. The molecule has 1 aromatic rings. The Morgan fingerprint density at radius 2 is 2.05 bits per heavy atom. The smallest absolute Gasteiger partial charge is 0.277 e. The first-order valence-corrected chi connectivity index (χ1v) is 6.36. The summed E-state index contributed by atoms with van der Waals surface area (Å²) in [7, 11) is 0. The molecule has 0 aromatic heterocycles. The number of aliphatic hydroxyl groups is 1. The maximum Gasteiger partial charge on any atom is 0.277 e. The number of carbonyl (C=O) groups is 2. The predicted octanol–water partition coefficient (Wildman–Crippen LogP) is 0.951. The summed E-state index contributed by atoms with van der Waals surface area (Å²) in [6.07, 6.45) is 0.985. The van der Waals surface area contributed by atoms with E-state index < -0.39 is 23.4 Å². The number of nitrogens with zero attached hydrogens (tertiary/aromatic N) is 1. The van der Waals surface area contributed by atoms with Gasteiger partial charge in [-0.25, -0.2) is 4.39 Å². The third-order valence-corrected chi connectivity index (χ3v) is 3.08. The Morgan fingerprint density at radius 3 is 2.65 bits per heavy atom. The minimum Gasteiger partial charge on any atom is -0.506 e. The number of carbonyl (C=O) groups excluding carboxylic acids is 2. The summed E-state index contributed by atoms with van der Waals surface area (Å²) in [4.78, 5) is 24.2. The fourth-order valence-electron chi connectivity index (χ4n) is 1.73. The first-order chi connectivity index (χ1) is 9.43. The third kappa shape index (κ3) is 2.66. The van der Waals surface area contributed by atoms with Gasteiger partial charge in [0.2, 0.25) is 0 Å². The molecular formula is C12H10BrFN2O4. The Hall–Kier alpha value is -1.93. The minimum atomic E-state index is -0.779. The molecule has 0 saturated carbocycles. The molecule has 20 heavy (non-hydrogen) atoms. The molecule has 0 aliphatic carbocycles. The summed E-state index contributed by atoms with van der Waals surface area (Å²) in [5.41, 5.74) is -0.466. The lowest BCUT2D eigenvalue weighted by molar-refractivity contribution is -0.137. The topological polar surface area (TPSA) is 89.9 Å². The number of aromatic hydroxyl groups is 1. The molecule has 1 heterocycles. The molecule has 0 spiro atoms. The van der Waals surface area contributed by atoms with Crippen molar-refractivity contribution in [1.29, 1.82) is 0 Å². The maximum atomic E-state index is 13.7. The van der Waals surface area contributed by atoms with Crippen molar-refractivity contribution in [2.24, 2.45) is 0 Å². The molecule has 106 valence electrons. The molecule has 8 heteroatoms. The van der Waals surface area contributed by atoms with Crippen LogP contribution in [-0.2, 0) is 9.59 Å². The van der Waals surface area contributed by atoms with Gasteiger partial charge >= 0.3 is 0 Å². The summed E-state index contributed by atoms with van der Waals surface area (Å²) in [5, 5.41) is 20.8. The number of β-amino-alcohol motifs (C(OH)–C–C–N with tert-alkyl or cyclic N) is 1. The second-order valence-corrected chi connectivity index (χ2v) is 4.90. The van der Waals surface area contributed by atoms with Crippen LogP contribution in [0.15, 0.2) is 28.4 Å². The molecule has 0 saturated heterocycles. The highest BCUT2D eigenvalue weighted by molar-refractivity contribution is 9.10. The van der Waals surface area contributed by atoms with Gasteiger partial charge in [0.25, 0.3) is 11.8 Å². The second kappa shape index (κ2) is 5.59. The largest absolute Gasteiger partial charge is 0.506 e. The average Bonchev–Trinajstić information content (AvgIpc) is 2.62. The number of hydrogen-bond acceptors (Lipinski definition) is 5. The van der Waals surface area contributed by atoms with Crippen molar-refractivity contribution in [1.82, 2.24) is 4.90 Å².